The number of amidine groups is 1. The highest BCUT2D eigenvalue weighted by Gasteiger charge is 2.29. The van der Waals surface area contributed by atoms with Crippen molar-refractivity contribution in [2.45, 2.75) is 12.7 Å². The molecule has 3 rings (SSSR count). The maximum atomic E-state index is 12.7. The minimum atomic E-state index is -4.39. The van der Waals surface area contributed by atoms with Crippen LogP contribution in [0.1, 0.15) is 27.0 Å². The molecule has 2 aromatic carbocycles. The third-order valence-electron chi connectivity index (χ3n) is 4.02. The van der Waals surface area contributed by atoms with E-state index in [1.54, 1.807) is 18.2 Å². The van der Waals surface area contributed by atoms with Gasteiger partial charge in [-0.05, 0) is 35.9 Å². The molecule has 1 heterocycles. The van der Waals surface area contributed by atoms with Gasteiger partial charge in [0.05, 0.1) is 28.0 Å². The van der Waals surface area contributed by atoms with Gasteiger partial charge in [0.25, 0.3) is 5.91 Å². The monoisotopic (exact) mass is 421 g/mol. The molecule has 5 nitrogen and oxygen atoms in total. The first kappa shape index (κ1) is 20.5. The minimum Gasteiger partial charge on any atom is -0.472 e. The van der Waals surface area contributed by atoms with E-state index >= 15 is 0 Å². The average molecular weight is 422 g/mol. The van der Waals surface area contributed by atoms with Crippen LogP contribution < -0.4 is 11.1 Å². The van der Waals surface area contributed by atoms with E-state index in [1.807, 2.05) is 0 Å². The van der Waals surface area contributed by atoms with Crippen LogP contribution in [0.4, 0.5) is 18.9 Å². The van der Waals surface area contributed by atoms with Crippen LogP contribution in [0.3, 0.4) is 0 Å². The average Bonchev–Trinajstić information content (AvgIpc) is 3.21. The van der Waals surface area contributed by atoms with Crippen LogP contribution in [0.2, 0.25) is 5.02 Å². The Bertz CT molecular complexity index is 1030. The number of halogens is 4. The number of aliphatic imine (C=N–C) groups is 1. The summed E-state index contributed by atoms with van der Waals surface area (Å²) >= 11 is 6.23. The van der Waals surface area contributed by atoms with Crippen LogP contribution in [0.5, 0.6) is 0 Å². The molecule has 1 amide bonds. The van der Waals surface area contributed by atoms with E-state index in [2.05, 4.69) is 10.3 Å². The van der Waals surface area contributed by atoms with Crippen molar-refractivity contribution in [3.05, 3.63) is 88.3 Å². The zero-order chi connectivity index (χ0) is 21.0. The van der Waals surface area contributed by atoms with Crippen molar-refractivity contribution in [1.82, 2.24) is 0 Å². The molecule has 3 aromatic rings. The standard InChI is InChI=1S/C20H15ClF3N3O2/c21-15-2-1-3-16(17(15)18(25)27-19(28)13-8-9-29-11-13)26-10-12-4-6-14(7-5-12)20(22,23)24/h1-9,11,26H,10H2,(H2,25,27,28). The quantitative estimate of drug-likeness (QED) is 0.443. The lowest BCUT2D eigenvalue weighted by atomic mass is 10.1. The van der Waals surface area contributed by atoms with E-state index in [-0.39, 0.29) is 23.0 Å². The normalized spacial score (nSPS) is 12.1. The van der Waals surface area contributed by atoms with Gasteiger partial charge >= 0.3 is 6.18 Å². The van der Waals surface area contributed by atoms with E-state index in [1.165, 1.54) is 30.7 Å². The fraction of sp³-hybridized carbons (Fsp3) is 0.100. The number of carbonyl (C=O) groups excluding carboxylic acids is 1. The van der Waals surface area contributed by atoms with Crippen LogP contribution in [0, 0.1) is 0 Å². The van der Waals surface area contributed by atoms with E-state index in [0.29, 0.717) is 16.8 Å². The van der Waals surface area contributed by atoms with Crippen LogP contribution in [-0.2, 0) is 12.7 Å². The highest BCUT2D eigenvalue weighted by Crippen LogP contribution is 2.29. The summed E-state index contributed by atoms with van der Waals surface area (Å²) in [6.07, 6.45) is -1.81. The largest absolute Gasteiger partial charge is 0.472 e. The van der Waals surface area contributed by atoms with Gasteiger partial charge < -0.3 is 15.5 Å². The molecule has 0 aliphatic rings. The van der Waals surface area contributed by atoms with Crippen molar-refractivity contribution in [3.63, 3.8) is 0 Å². The molecule has 29 heavy (non-hydrogen) atoms. The predicted octanol–water partition coefficient (Wildman–Crippen LogP) is 5.11. The van der Waals surface area contributed by atoms with E-state index in [4.69, 9.17) is 21.8 Å². The van der Waals surface area contributed by atoms with Gasteiger partial charge in [0.15, 0.2) is 0 Å². The van der Waals surface area contributed by atoms with Gasteiger partial charge in [-0.25, -0.2) is 0 Å². The Morgan fingerprint density at radius 3 is 2.48 bits per heavy atom. The molecule has 0 saturated carbocycles. The van der Waals surface area contributed by atoms with Crippen LogP contribution in [-0.4, -0.2) is 11.7 Å². The van der Waals surface area contributed by atoms with Gasteiger partial charge in [0.2, 0.25) is 0 Å². The number of nitrogens with two attached hydrogens (primary N) is 1. The maximum absolute atomic E-state index is 12.7. The lowest BCUT2D eigenvalue weighted by molar-refractivity contribution is -0.137. The zero-order valence-electron chi connectivity index (χ0n) is 14.8. The van der Waals surface area contributed by atoms with Gasteiger partial charge in [-0.3, -0.25) is 4.79 Å². The highest BCUT2D eigenvalue weighted by atomic mass is 35.5. The van der Waals surface area contributed by atoms with Crippen molar-refractivity contribution < 1.29 is 22.4 Å². The number of nitrogens with zero attached hydrogens (tertiary/aromatic N) is 1. The Morgan fingerprint density at radius 1 is 1.14 bits per heavy atom. The smallest absolute Gasteiger partial charge is 0.416 e. The number of furan rings is 1. The Morgan fingerprint density at radius 2 is 1.86 bits per heavy atom. The molecule has 0 atom stereocenters. The highest BCUT2D eigenvalue weighted by molar-refractivity contribution is 6.35. The first-order valence-corrected chi connectivity index (χ1v) is 8.73. The molecule has 3 N–H and O–H groups in total. The molecule has 0 aliphatic carbocycles. The second kappa shape index (κ2) is 8.40. The second-order valence-corrected chi connectivity index (χ2v) is 6.43. The van der Waals surface area contributed by atoms with E-state index in [0.717, 1.165) is 12.1 Å². The third kappa shape index (κ3) is 4.97. The van der Waals surface area contributed by atoms with Gasteiger partial charge in [0.1, 0.15) is 12.1 Å². The molecule has 0 radical (unpaired) electrons. The Labute approximate surface area is 169 Å². The number of hydrogen-bond donors (Lipinski definition) is 2. The molecule has 0 bridgehead atoms. The molecule has 0 fully saturated rings. The fourth-order valence-corrected chi connectivity index (χ4v) is 2.83. The van der Waals surface area contributed by atoms with Crippen LogP contribution in [0.25, 0.3) is 0 Å². The summed E-state index contributed by atoms with van der Waals surface area (Å²) in [5.41, 5.74) is 6.92. The molecule has 0 aliphatic heterocycles. The topological polar surface area (TPSA) is 80.6 Å². The summed E-state index contributed by atoms with van der Waals surface area (Å²) in [6, 6.07) is 11.2. The number of hydrogen-bond acceptors (Lipinski definition) is 3. The molecule has 1 aromatic heterocycles. The first-order valence-electron chi connectivity index (χ1n) is 8.35. The number of alkyl halides is 3. The number of nitrogens with one attached hydrogen (secondary N) is 1. The lowest BCUT2D eigenvalue weighted by Gasteiger charge is -2.14. The summed E-state index contributed by atoms with van der Waals surface area (Å²) in [4.78, 5) is 16.0. The van der Waals surface area contributed by atoms with Crippen LogP contribution >= 0.6 is 11.6 Å². The summed E-state index contributed by atoms with van der Waals surface area (Å²) in [5, 5.41) is 3.33. The second-order valence-electron chi connectivity index (χ2n) is 6.02. The van der Waals surface area contributed by atoms with Crippen molar-refractivity contribution in [1.29, 1.82) is 0 Å². The summed E-state index contributed by atoms with van der Waals surface area (Å²) in [7, 11) is 0. The Hall–Kier alpha value is -3.26. The summed E-state index contributed by atoms with van der Waals surface area (Å²) in [5.74, 6) is -0.693. The minimum absolute atomic E-state index is 0.100. The molecular weight excluding hydrogens is 407 g/mol. The predicted molar refractivity (Wildman–Crippen MR) is 104 cm³/mol. The Kier molecular flexibility index (Phi) is 5.93. The van der Waals surface area contributed by atoms with Crippen molar-refractivity contribution in [2.24, 2.45) is 10.7 Å². The lowest BCUT2D eigenvalue weighted by Crippen LogP contribution is -2.18. The molecule has 0 spiro atoms. The molecule has 150 valence electrons. The Balaban J connectivity index is 1.80. The van der Waals surface area contributed by atoms with Gasteiger partial charge in [-0.2, -0.15) is 18.2 Å². The van der Waals surface area contributed by atoms with Gasteiger partial charge in [0, 0.05) is 12.2 Å². The van der Waals surface area contributed by atoms with Gasteiger partial charge in [-0.1, -0.05) is 29.8 Å². The van der Waals surface area contributed by atoms with Crippen molar-refractivity contribution in [3.8, 4) is 0 Å². The summed E-state index contributed by atoms with van der Waals surface area (Å²) < 4.78 is 42.9. The zero-order valence-corrected chi connectivity index (χ0v) is 15.6. The van der Waals surface area contributed by atoms with Crippen LogP contribution in [0.15, 0.2) is 70.5 Å². The number of anilines is 1. The molecular formula is C20H15ClF3N3O2. The first-order chi connectivity index (χ1) is 13.8. The molecule has 9 heteroatoms. The number of benzene rings is 2. The SMILES string of the molecule is NC(=NC(=O)c1ccoc1)c1c(Cl)cccc1NCc1ccc(C(F)(F)F)cc1. The van der Waals surface area contributed by atoms with Gasteiger partial charge in [-0.15, -0.1) is 0 Å². The number of amides is 1. The van der Waals surface area contributed by atoms with Crippen molar-refractivity contribution in [2.75, 3.05) is 5.32 Å². The third-order valence-corrected chi connectivity index (χ3v) is 4.34. The maximum Gasteiger partial charge on any atom is 0.416 e. The van der Waals surface area contributed by atoms with Crippen molar-refractivity contribution >= 4 is 29.0 Å². The van der Waals surface area contributed by atoms with E-state index in [9.17, 15) is 18.0 Å². The molecule has 0 saturated heterocycles. The number of carbonyl (C=O) groups is 1. The molecule has 0 unspecified atom stereocenters. The fourth-order valence-electron chi connectivity index (χ4n) is 2.56. The van der Waals surface area contributed by atoms with E-state index < -0.39 is 17.6 Å². The summed E-state index contributed by atoms with van der Waals surface area (Å²) in [6.45, 7) is 0.217. The number of rotatable bonds is 5.